The summed E-state index contributed by atoms with van der Waals surface area (Å²) in [6, 6.07) is 19.2. The van der Waals surface area contributed by atoms with Crippen molar-refractivity contribution in [3.05, 3.63) is 108 Å². The fraction of sp³-hybridized carbons (Fsp3) is 0.578. The first-order valence-electron chi connectivity index (χ1n) is 19.0. The van der Waals surface area contributed by atoms with E-state index in [1.54, 1.807) is 0 Å². The van der Waals surface area contributed by atoms with Crippen LogP contribution >= 0.6 is 12.2 Å². The minimum absolute atomic E-state index is 0. The molecule has 0 spiro atoms. The molecular weight excluding hydrogens is 767 g/mol. The van der Waals surface area contributed by atoms with E-state index >= 15 is 0 Å². The van der Waals surface area contributed by atoms with Crippen molar-refractivity contribution in [1.29, 1.82) is 0 Å². The van der Waals surface area contributed by atoms with Gasteiger partial charge in [0.15, 0.2) is 0 Å². The van der Waals surface area contributed by atoms with E-state index in [4.69, 9.17) is 9.47 Å². The van der Waals surface area contributed by atoms with Crippen LogP contribution < -0.4 is 29.6 Å². The van der Waals surface area contributed by atoms with E-state index in [9.17, 15) is 0 Å². The van der Waals surface area contributed by atoms with Gasteiger partial charge in [-0.3, -0.25) is 0 Å². The molecule has 0 aromatic heterocycles. The minimum atomic E-state index is 0. The molecule has 3 aromatic rings. The Morgan fingerprint density at radius 2 is 0.691 bits per heavy atom. The Bertz CT molecular complexity index is 1330. The van der Waals surface area contributed by atoms with Crippen molar-refractivity contribution < 1.29 is 56.1 Å². The molecule has 2 saturated heterocycles. The normalized spacial score (nSPS) is 13.0. The molecule has 0 N–H and O–H groups in total. The van der Waals surface area contributed by atoms with Crippen molar-refractivity contribution in [2.45, 2.75) is 146 Å². The Morgan fingerprint density at radius 3 is 0.800 bits per heavy atom. The van der Waals surface area contributed by atoms with Gasteiger partial charge in [0.25, 0.3) is 0 Å². The van der Waals surface area contributed by atoms with Gasteiger partial charge in [0.2, 0.25) is 0 Å². The summed E-state index contributed by atoms with van der Waals surface area (Å²) in [4.78, 5) is 0. The average Bonchev–Trinajstić information content (AvgIpc) is 3.74. The largest absolute Gasteiger partial charge is 1.00 e. The second-order valence-electron chi connectivity index (χ2n) is 16.9. The van der Waals surface area contributed by atoms with Crippen LogP contribution in [0.4, 0.5) is 17.1 Å². The number of hydrogen-bond acceptors (Lipinski definition) is 4. The molecule has 2 aliphatic rings. The zero-order valence-corrected chi connectivity index (χ0v) is 42.3. The molecule has 0 amide bonds. The molecule has 2 fully saturated rings. The van der Waals surface area contributed by atoms with Crippen molar-refractivity contribution in [1.82, 2.24) is 0 Å². The molecule has 0 atom stereocenters. The number of rotatable bonds is 3. The van der Waals surface area contributed by atoms with Crippen molar-refractivity contribution in [3.63, 3.8) is 0 Å². The number of aryl methyl sites for hydroxylation is 6. The van der Waals surface area contributed by atoms with Gasteiger partial charge >= 0.3 is 79.4 Å². The van der Waals surface area contributed by atoms with E-state index in [2.05, 4.69) is 203 Å². The molecule has 302 valence electrons. The molecule has 10 heteroatoms. The van der Waals surface area contributed by atoms with Crippen LogP contribution in [0.25, 0.3) is 19.6 Å². The predicted molar refractivity (Wildman–Crippen MR) is 239 cm³/mol. The Morgan fingerprint density at radius 1 is 0.509 bits per heavy atom. The van der Waals surface area contributed by atoms with Gasteiger partial charge in [-0.1, -0.05) is 150 Å². The quantitative estimate of drug-likeness (QED) is 0.150. The van der Waals surface area contributed by atoms with Crippen LogP contribution in [-0.4, -0.2) is 47.4 Å². The van der Waals surface area contributed by atoms with Gasteiger partial charge in [0.05, 0.1) is 0 Å². The van der Waals surface area contributed by atoms with Gasteiger partial charge in [0.1, 0.15) is 0 Å². The maximum atomic E-state index is 4.94. The van der Waals surface area contributed by atoms with Gasteiger partial charge in [-0.05, 0) is 67.2 Å². The summed E-state index contributed by atoms with van der Waals surface area (Å²) in [5, 5.41) is 13.8. The molecule has 0 aliphatic carbocycles. The number of ether oxygens (including phenoxy) is 2. The van der Waals surface area contributed by atoms with E-state index in [0.717, 1.165) is 43.5 Å². The van der Waals surface area contributed by atoms with Crippen LogP contribution in [0.1, 0.15) is 121 Å². The first-order valence-corrected chi connectivity index (χ1v) is 20.5. The van der Waals surface area contributed by atoms with Crippen LogP contribution in [-0.2, 0) is 39.2 Å². The van der Waals surface area contributed by atoms with Crippen molar-refractivity contribution in [2.24, 2.45) is 0 Å². The van der Waals surface area contributed by atoms with Crippen LogP contribution in [0.3, 0.4) is 0 Å². The van der Waals surface area contributed by atoms with E-state index in [1.165, 1.54) is 59.1 Å². The monoisotopic (exact) mass is 836 g/mol. The molecule has 0 saturated carbocycles. The van der Waals surface area contributed by atoms with Gasteiger partial charge < -0.3 is 25.4 Å². The summed E-state index contributed by atoms with van der Waals surface area (Å²) in [6.07, 6.45) is 5.11. The standard InChI is InChI=1S/3C12H18N.2C4H8O.CHNS2.Na.V/c3*1-9-6-10(2)8-11(7-9)13-12(3,4)5;2*1-2-4-5-3-1;2-1(3)4;;/h3*6-8H,1-5H3;2*1-4H2;(H,3,4);;/q3*-1;;;2*+1;/p-1. The number of benzene rings is 3. The van der Waals surface area contributed by atoms with E-state index in [0.29, 0.717) is 0 Å². The summed E-state index contributed by atoms with van der Waals surface area (Å²) in [5.74, 6) is 0. The number of thiocarbonyl (C=S) groups is 1. The SMILES string of the molecule is C1CCOC1.C1CCOC1.Cc1cc(C)cc([N-]C(C)(C)C)c1.Cc1cc(C)cc([N-]C(C)(C)C)c1.Cc1cc(C)cc([N-]C(C)(C)C)c1.S=C([S-])[N+]#[V].[Na+]. The second-order valence-corrected chi connectivity index (χ2v) is 18.2. The molecule has 0 radical (unpaired) electrons. The van der Waals surface area contributed by atoms with E-state index in [-0.39, 0.29) is 50.5 Å². The smallest absolute Gasteiger partial charge is 1.00 e. The van der Waals surface area contributed by atoms with Gasteiger partial charge in [-0.25, -0.2) is 0 Å². The topological polar surface area (TPSA) is 65.1 Å². The van der Waals surface area contributed by atoms with Crippen molar-refractivity contribution in [3.8, 4) is 0 Å². The van der Waals surface area contributed by atoms with Crippen molar-refractivity contribution >= 4 is 46.2 Å². The van der Waals surface area contributed by atoms with Crippen LogP contribution in [0.15, 0.2) is 54.6 Å². The Hall–Kier alpha value is -1.42. The Balaban J connectivity index is 0. The Kier molecular flexibility index (Phi) is 29.3. The number of hydrogen-bond donors (Lipinski definition) is 0. The number of nitrogens with zero attached hydrogens (tertiary/aromatic N) is 4. The fourth-order valence-corrected chi connectivity index (χ4v) is 5.23. The maximum Gasteiger partial charge on any atom is 1.00 e. The molecule has 2 heterocycles. The first-order chi connectivity index (χ1) is 24.9. The zero-order valence-electron chi connectivity index (χ0n) is 37.2. The third kappa shape index (κ3) is 35.5. The molecular formula is C45H70N4NaO2S2V-2. The first kappa shape index (κ1) is 55.7. The van der Waals surface area contributed by atoms with Crippen LogP contribution in [0.5, 0.6) is 0 Å². The molecule has 2 aliphatic heterocycles. The van der Waals surface area contributed by atoms with E-state index < -0.39 is 0 Å². The predicted octanol–water partition coefficient (Wildman–Crippen LogP) is 11.6. The molecule has 0 unspecified atom stereocenters. The van der Waals surface area contributed by atoms with Crippen LogP contribution in [0.2, 0.25) is 0 Å². The maximum absolute atomic E-state index is 4.94. The summed E-state index contributed by atoms with van der Waals surface area (Å²) in [7, 11) is 0. The Labute approximate surface area is 379 Å². The van der Waals surface area contributed by atoms with Gasteiger partial charge in [0, 0.05) is 26.4 Å². The molecule has 6 nitrogen and oxygen atoms in total. The summed E-state index contributed by atoms with van der Waals surface area (Å²) in [5.41, 5.74) is 11.0. The van der Waals surface area contributed by atoms with E-state index in [1.807, 2.05) is 17.1 Å². The molecule has 5 rings (SSSR count). The van der Waals surface area contributed by atoms with Gasteiger partial charge in [-0.2, -0.15) is 0 Å². The molecule has 3 aromatic carbocycles. The fourth-order valence-electron chi connectivity index (χ4n) is 5.23. The summed E-state index contributed by atoms with van der Waals surface area (Å²) >= 11 is 10.6. The van der Waals surface area contributed by atoms with Gasteiger partial charge in [-0.15, -0.1) is 33.7 Å². The summed E-state index contributed by atoms with van der Waals surface area (Å²) < 4.78 is 13.5. The average molecular weight is 837 g/mol. The zero-order chi connectivity index (χ0) is 41.5. The minimum Gasteiger partial charge on any atom is 1.00 e. The second kappa shape index (κ2) is 28.9. The van der Waals surface area contributed by atoms with Crippen LogP contribution in [0, 0.1) is 41.5 Å². The molecule has 55 heavy (non-hydrogen) atoms. The molecule has 0 bridgehead atoms. The third-order valence-corrected chi connectivity index (χ3v) is 7.68. The van der Waals surface area contributed by atoms with Crippen molar-refractivity contribution in [2.75, 3.05) is 26.4 Å². The summed E-state index contributed by atoms with van der Waals surface area (Å²) in [6.45, 7) is 35.7. The third-order valence-electron chi connectivity index (χ3n) is 6.75.